The summed E-state index contributed by atoms with van der Waals surface area (Å²) in [6.07, 6.45) is 2.03. The molecule has 9 nitrogen and oxygen atoms in total. The van der Waals surface area contributed by atoms with E-state index < -0.39 is 0 Å². The molecule has 4 heterocycles. The summed E-state index contributed by atoms with van der Waals surface area (Å²) < 4.78 is 5.17. The van der Waals surface area contributed by atoms with Gasteiger partial charge in [-0.15, -0.1) is 0 Å². The summed E-state index contributed by atoms with van der Waals surface area (Å²) in [6, 6.07) is 10.5. The van der Waals surface area contributed by atoms with Gasteiger partial charge in [-0.05, 0) is 32.3 Å². The lowest BCUT2D eigenvalue weighted by Crippen LogP contribution is -2.45. The quantitative estimate of drug-likeness (QED) is 0.479. The number of aryl methyl sites for hydroxylation is 1. The van der Waals surface area contributed by atoms with Crippen LogP contribution in [-0.2, 0) is 17.7 Å². The van der Waals surface area contributed by atoms with Crippen molar-refractivity contribution >= 4 is 40.0 Å². The lowest BCUT2D eigenvalue weighted by Gasteiger charge is -2.35. The summed E-state index contributed by atoms with van der Waals surface area (Å²) in [5.74, 6) is 2.12. The minimum Gasteiger partial charge on any atom is -0.462 e. The normalized spacial score (nSPS) is 15.6. The van der Waals surface area contributed by atoms with E-state index in [0.717, 1.165) is 63.7 Å². The Morgan fingerprint density at radius 2 is 1.89 bits per heavy atom. The molecule has 0 unspecified atom stereocenters. The van der Waals surface area contributed by atoms with Crippen LogP contribution in [0.1, 0.15) is 39.8 Å². The van der Waals surface area contributed by atoms with Gasteiger partial charge in [0.1, 0.15) is 16.5 Å². The highest BCUT2D eigenvalue weighted by Gasteiger charge is 2.27. The Balaban J connectivity index is 1.50. The van der Waals surface area contributed by atoms with Crippen molar-refractivity contribution in [3.63, 3.8) is 0 Å². The summed E-state index contributed by atoms with van der Waals surface area (Å²) in [7, 11) is 0. The number of aromatic nitrogens is 3. The SMILES string of the molecule is CCOC(=O)c1sc(Nc2nc(N3CCNCC3)c3c(n2)N(Cc2ccccc2)CCC3)nc1C. The molecule has 2 aliphatic rings. The highest BCUT2D eigenvalue weighted by atomic mass is 32.1. The largest absolute Gasteiger partial charge is 0.462 e. The van der Waals surface area contributed by atoms with Crippen LogP contribution in [0.3, 0.4) is 0 Å². The molecule has 0 atom stereocenters. The van der Waals surface area contributed by atoms with Crippen LogP contribution < -0.4 is 20.4 Å². The molecule has 0 spiro atoms. The van der Waals surface area contributed by atoms with Crippen molar-refractivity contribution in [2.24, 2.45) is 0 Å². The average Bonchev–Trinajstić information content (AvgIpc) is 3.25. The molecule has 0 saturated carbocycles. The highest BCUT2D eigenvalue weighted by Crippen LogP contribution is 2.35. The van der Waals surface area contributed by atoms with E-state index in [1.165, 1.54) is 22.5 Å². The lowest BCUT2D eigenvalue weighted by atomic mass is 10.0. The maximum atomic E-state index is 12.3. The fraction of sp³-hybridized carbons (Fsp3) is 0.440. The van der Waals surface area contributed by atoms with Crippen molar-refractivity contribution in [1.82, 2.24) is 20.3 Å². The zero-order chi connectivity index (χ0) is 24.2. The molecule has 1 saturated heterocycles. The second-order valence-electron chi connectivity index (χ2n) is 8.70. The molecule has 1 aromatic carbocycles. The van der Waals surface area contributed by atoms with Crippen molar-refractivity contribution < 1.29 is 9.53 Å². The Hall–Kier alpha value is -3.24. The van der Waals surface area contributed by atoms with E-state index in [9.17, 15) is 4.79 Å². The Kier molecular flexibility index (Phi) is 7.10. The average molecular weight is 494 g/mol. The minimum absolute atomic E-state index is 0.332. The van der Waals surface area contributed by atoms with Crippen molar-refractivity contribution in [1.29, 1.82) is 0 Å². The third-order valence-corrected chi connectivity index (χ3v) is 7.28. The Labute approximate surface area is 209 Å². The van der Waals surface area contributed by atoms with E-state index in [4.69, 9.17) is 14.7 Å². The predicted molar refractivity (Wildman–Crippen MR) is 139 cm³/mol. The molecule has 2 N–H and O–H groups in total. The van der Waals surface area contributed by atoms with Gasteiger partial charge in [-0.25, -0.2) is 9.78 Å². The van der Waals surface area contributed by atoms with Gasteiger partial charge >= 0.3 is 5.97 Å². The van der Waals surface area contributed by atoms with Gasteiger partial charge in [-0.2, -0.15) is 9.97 Å². The number of piperazine rings is 1. The Bertz CT molecular complexity index is 1180. The first-order valence-corrected chi connectivity index (χ1v) is 13.0. The number of nitrogens with zero attached hydrogens (tertiary/aromatic N) is 5. The molecule has 2 aliphatic heterocycles. The molecule has 10 heteroatoms. The van der Waals surface area contributed by atoms with E-state index in [0.29, 0.717) is 28.3 Å². The molecular formula is C25H31N7O2S. The molecule has 0 aliphatic carbocycles. The zero-order valence-electron chi connectivity index (χ0n) is 20.2. The summed E-state index contributed by atoms with van der Waals surface area (Å²) >= 11 is 1.27. The number of hydrogen-bond donors (Lipinski definition) is 2. The van der Waals surface area contributed by atoms with E-state index in [2.05, 4.69) is 49.7 Å². The lowest BCUT2D eigenvalue weighted by molar-refractivity contribution is 0.0531. The number of benzene rings is 1. The number of anilines is 4. The smallest absolute Gasteiger partial charge is 0.350 e. The van der Waals surface area contributed by atoms with E-state index in [-0.39, 0.29) is 5.97 Å². The van der Waals surface area contributed by atoms with Gasteiger partial charge in [-0.3, -0.25) is 5.32 Å². The summed E-state index contributed by atoms with van der Waals surface area (Å²) in [4.78, 5) is 32.0. The summed E-state index contributed by atoms with van der Waals surface area (Å²) in [5, 5.41) is 7.30. The van der Waals surface area contributed by atoms with Crippen molar-refractivity contribution in [3.8, 4) is 0 Å². The van der Waals surface area contributed by atoms with Gasteiger partial charge in [0.15, 0.2) is 5.13 Å². The molecule has 35 heavy (non-hydrogen) atoms. The van der Waals surface area contributed by atoms with Gasteiger partial charge in [0.2, 0.25) is 5.95 Å². The molecule has 184 valence electrons. The minimum atomic E-state index is -0.350. The maximum Gasteiger partial charge on any atom is 0.350 e. The molecule has 2 aromatic heterocycles. The standard InChI is InChI=1S/C25H31N7O2S/c1-3-34-23(33)20-17(2)27-25(35-20)30-24-28-21(31-14-11-26-12-15-31)19-10-7-13-32(22(19)29-24)16-18-8-5-4-6-9-18/h4-6,8-9,26H,3,7,10-16H2,1-2H3,(H,27,28,29,30). The number of carbonyl (C=O) groups excluding carboxylic acids is 1. The third kappa shape index (κ3) is 5.23. The van der Waals surface area contributed by atoms with Gasteiger partial charge in [0, 0.05) is 44.8 Å². The van der Waals surface area contributed by atoms with Gasteiger partial charge in [0.25, 0.3) is 0 Å². The zero-order valence-corrected chi connectivity index (χ0v) is 21.0. The topological polar surface area (TPSA) is 95.5 Å². The van der Waals surface area contributed by atoms with Gasteiger partial charge in [-0.1, -0.05) is 41.7 Å². The van der Waals surface area contributed by atoms with Crippen LogP contribution in [0.15, 0.2) is 30.3 Å². The number of fused-ring (bicyclic) bond motifs is 1. The third-order valence-electron chi connectivity index (χ3n) is 6.23. The molecule has 0 bridgehead atoms. The first-order chi connectivity index (χ1) is 17.1. The van der Waals surface area contributed by atoms with Gasteiger partial charge < -0.3 is 19.9 Å². The molecule has 1 fully saturated rings. The molecule has 5 rings (SSSR count). The summed E-state index contributed by atoms with van der Waals surface area (Å²) in [6.45, 7) is 9.38. The number of thiazole rings is 1. The first-order valence-electron chi connectivity index (χ1n) is 12.2. The molecule has 3 aromatic rings. The molecular weight excluding hydrogens is 462 g/mol. The predicted octanol–water partition coefficient (Wildman–Crippen LogP) is 3.52. The van der Waals surface area contributed by atoms with E-state index in [1.807, 2.05) is 13.0 Å². The van der Waals surface area contributed by atoms with Crippen LogP contribution in [-0.4, -0.2) is 60.3 Å². The number of ether oxygens (including phenoxy) is 1. The van der Waals surface area contributed by atoms with Crippen LogP contribution in [0, 0.1) is 6.92 Å². The van der Waals surface area contributed by atoms with Gasteiger partial charge in [0.05, 0.1) is 12.3 Å². The fourth-order valence-corrected chi connectivity index (χ4v) is 5.44. The monoisotopic (exact) mass is 493 g/mol. The Morgan fingerprint density at radius 1 is 1.11 bits per heavy atom. The van der Waals surface area contributed by atoms with Crippen LogP contribution in [0.25, 0.3) is 0 Å². The second-order valence-corrected chi connectivity index (χ2v) is 9.70. The molecule has 0 radical (unpaired) electrons. The number of carbonyl (C=O) groups is 1. The fourth-order valence-electron chi connectivity index (χ4n) is 4.58. The van der Waals surface area contributed by atoms with Crippen LogP contribution in [0.5, 0.6) is 0 Å². The number of esters is 1. The molecule has 0 amide bonds. The highest BCUT2D eigenvalue weighted by molar-refractivity contribution is 7.17. The van der Waals surface area contributed by atoms with Crippen LogP contribution in [0.2, 0.25) is 0 Å². The Morgan fingerprint density at radius 3 is 2.66 bits per heavy atom. The van der Waals surface area contributed by atoms with Crippen LogP contribution >= 0.6 is 11.3 Å². The second kappa shape index (κ2) is 10.6. The number of rotatable bonds is 7. The van der Waals surface area contributed by atoms with Crippen molar-refractivity contribution in [2.75, 3.05) is 54.4 Å². The van der Waals surface area contributed by atoms with Crippen molar-refractivity contribution in [2.45, 2.75) is 33.2 Å². The van der Waals surface area contributed by atoms with Crippen LogP contribution in [0.4, 0.5) is 22.7 Å². The summed E-state index contributed by atoms with van der Waals surface area (Å²) in [5.41, 5.74) is 3.11. The number of nitrogens with one attached hydrogen (secondary N) is 2. The van der Waals surface area contributed by atoms with E-state index >= 15 is 0 Å². The van der Waals surface area contributed by atoms with Crippen molar-refractivity contribution in [3.05, 3.63) is 52.0 Å². The van der Waals surface area contributed by atoms with E-state index in [1.54, 1.807) is 6.92 Å². The maximum absolute atomic E-state index is 12.3. The first kappa shape index (κ1) is 23.5. The number of hydrogen-bond acceptors (Lipinski definition) is 10.